The van der Waals surface area contributed by atoms with Crippen LogP contribution in [0.4, 0.5) is 4.39 Å². The number of methoxy groups -OCH3 is 1. The Morgan fingerprint density at radius 1 is 1.12 bits per heavy atom. The van der Waals surface area contributed by atoms with Crippen molar-refractivity contribution in [1.29, 1.82) is 0 Å². The summed E-state index contributed by atoms with van der Waals surface area (Å²) >= 11 is 0. The topological polar surface area (TPSA) is 79.3 Å². The minimum Gasteiger partial charge on any atom is -0.507 e. The van der Waals surface area contributed by atoms with Gasteiger partial charge in [0.1, 0.15) is 17.3 Å². The van der Waals surface area contributed by atoms with Crippen LogP contribution in [-0.4, -0.2) is 73.1 Å². The van der Waals surface area contributed by atoms with Crippen LogP contribution in [0.1, 0.15) is 17.2 Å². The zero-order valence-electron chi connectivity index (χ0n) is 17.8. The van der Waals surface area contributed by atoms with Crippen LogP contribution in [0.3, 0.4) is 0 Å². The van der Waals surface area contributed by atoms with Crippen molar-refractivity contribution in [2.24, 2.45) is 0 Å². The van der Waals surface area contributed by atoms with Crippen LogP contribution in [0, 0.1) is 5.82 Å². The second-order valence-electron chi connectivity index (χ2n) is 7.70. The Bertz CT molecular complexity index is 1030. The molecule has 2 heterocycles. The van der Waals surface area contributed by atoms with Gasteiger partial charge in [0, 0.05) is 26.2 Å². The Balaban J connectivity index is 1.76. The van der Waals surface area contributed by atoms with Crippen molar-refractivity contribution in [3.63, 3.8) is 0 Å². The second-order valence-corrected chi connectivity index (χ2v) is 7.70. The van der Waals surface area contributed by atoms with E-state index in [0.29, 0.717) is 31.9 Å². The lowest BCUT2D eigenvalue weighted by Gasteiger charge is -2.31. The molecule has 0 unspecified atom stereocenters. The van der Waals surface area contributed by atoms with Crippen LogP contribution >= 0.6 is 0 Å². The Morgan fingerprint density at radius 3 is 2.53 bits per heavy atom. The first-order valence-corrected chi connectivity index (χ1v) is 10.5. The van der Waals surface area contributed by atoms with Gasteiger partial charge in [0.05, 0.1) is 37.5 Å². The normalized spacial score (nSPS) is 21.2. The summed E-state index contributed by atoms with van der Waals surface area (Å²) in [6.07, 6.45) is 0. The number of aliphatic hydroxyl groups excluding tert-OH is 1. The van der Waals surface area contributed by atoms with Gasteiger partial charge in [0.15, 0.2) is 0 Å². The molecule has 2 aromatic carbocycles. The molecule has 0 aliphatic carbocycles. The van der Waals surface area contributed by atoms with E-state index in [-0.39, 0.29) is 16.9 Å². The molecule has 0 aromatic heterocycles. The Labute approximate surface area is 185 Å². The second kappa shape index (κ2) is 9.50. The lowest BCUT2D eigenvalue weighted by atomic mass is 9.95. The van der Waals surface area contributed by atoms with Crippen LogP contribution in [0.25, 0.3) is 5.76 Å². The highest BCUT2D eigenvalue weighted by Crippen LogP contribution is 2.40. The number of aliphatic hydroxyl groups is 1. The molecule has 0 radical (unpaired) electrons. The van der Waals surface area contributed by atoms with Gasteiger partial charge in [0.25, 0.3) is 11.7 Å². The Morgan fingerprint density at radius 2 is 1.84 bits per heavy atom. The number of hydrogen-bond donors (Lipinski definition) is 1. The fraction of sp³-hybridized carbons (Fsp3) is 0.333. The number of nitrogens with zero attached hydrogens (tertiary/aromatic N) is 2. The summed E-state index contributed by atoms with van der Waals surface area (Å²) in [5.41, 5.74) is 0.636. The minimum absolute atomic E-state index is 0.0274. The molecule has 4 rings (SSSR count). The zero-order chi connectivity index (χ0) is 22.7. The number of rotatable bonds is 6. The third-order valence-electron chi connectivity index (χ3n) is 5.83. The molecule has 7 nitrogen and oxygen atoms in total. The number of ether oxygens (including phenoxy) is 2. The molecule has 8 heteroatoms. The van der Waals surface area contributed by atoms with Crippen molar-refractivity contribution in [1.82, 2.24) is 9.80 Å². The average molecular weight is 440 g/mol. The van der Waals surface area contributed by atoms with Crippen LogP contribution in [0.15, 0.2) is 54.1 Å². The molecule has 2 fully saturated rings. The molecule has 2 saturated heterocycles. The van der Waals surface area contributed by atoms with Crippen LogP contribution in [0.2, 0.25) is 0 Å². The molecule has 2 aromatic rings. The summed E-state index contributed by atoms with van der Waals surface area (Å²) < 4.78 is 24.6. The van der Waals surface area contributed by atoms with Crippen LogP contribution in [-0.2, 0) is 14.3 Å². The van der Waals surface area contributed by atoms with Gasteiger partial charge in [0.2, 0.25) is 0 Å². The Kier molecular flexibility index (Phi) is 6.53. The van der Waals surface area contributed by atoms with E-state index in [0.717, 1.165) is 19.2 Å². The highest BCUT2D eigenvalue weighted by molar-refractivity contribution is 6.46. The third kappa shape index (κ3) is 4.24. The number of carbonyl (C=O) groups is 2. The fourth-order valence-electron chi connectivity index (χ4n) is 4.18. The van der Waals surface area contributed by atoms with Gasteiger partial charge in [-0.3, -0.25) is 14.5 Å². The Hall–Kier alpha value is -3.23. The number of hydrogen-bond acceptors (Lipinski definition) is 6. The molecule has 0 saturated carbocycles. The standard InChI is InChI=1S/C24H25FN2O5/c1-31-19-8-7-17(25)15-18(19)22(28)20-21(16-5-3-2-4-6-16)27(24(30)23(20)29)10-9-26-11-13-32-14-12-26/h2-8,15,21,28H,9-14H2,1H3/b22-20+/t21-/m0/s1. The summed E-state index contributed by atoms with van der Waals surface area (Å²) in [5.74, 6) is -2.34. The number of morpholine rings is 1. The van der Waals surface area contributed by atoms with Crippen molar-refractivity contribution in [2.45, 2.75) is 6.04 Å². The first-order chi connectivity index (χ1) is 15.5. The van der Waals surface area contributed by atoms with Gasteiger partial charge in [-0.25, -0.2) is 4.39 Å². The summed E-state index contributed by atoms with van der Waals surface area (Å²) in [5, 5.41) is 11.1. The van der Waals surface area contributed by atoms with Crippen LogP contribution in [0.5, 0.6) is 5.75 Å². The maximum atomic E-state index is 14.0. The molecule has 0 bridgehead atoms. The van der Waals surface area contributed by atoms with Gasteiger partial charge < -0.3 is 19.5 Å². The zero-order valence-corrected chi connectivity index (χ0v) is 17.8. The average Bonchev–Trinajstić information content (AvgIpc) is 3.08. The predicted octanol–water partition coefficient (Wildman–Crippen LogP) is 2.59. The molecular formula is C24H25FN2O5. The predicted molar refractivity (Wildman–Crippen MR) is 116 cm³/mol. The summed E-state index contributed by atoms with van der Waals surface area (Å²) in [6.45, 7) is 3.63. The molecule has 0 spiro atoms. The van der Waals surface area contributed by atoms with Crippen molar-refractivity contribution in [2.75, 3.05) is 46.5 Å². The van der Waals surface area contributed by atoms with Gasteiger partial charge in [-0.15, -0.1) is 0 Å². The number of amides is 1. The van der Waals surface area contributed by atoms with Crippen molar-refractivity contribution < 1.29 is 28.6 Å². The van der Waals surface area contributed by atoms with E-state index >= 15 is 0 Å². The smallest absolute Gasteiger partial charge is 0.295 e. The SMILES string of the molecule is COc1ccc(F)cc1/C(O)=C1\C(=O)C(=O)N(CCN2CCOCC2)[C@H]1c1ccccc1. The molecule has 32 heavy (non-hydrogen) atoms. The summed E-state index contributed by atoms with van der Waals surface area (Å²) in [6, 6.07) is 11.9. The number of Topliss-reactive ketones (excluding diaryl/α,β-unsaturated/α-hetero) is 1. The quantitative estimate of drug-likeness (QED) is 0.423. The van der Waals surface area contributed by atoms with E-state index in [9.17, 15) is 19.1 Å². The van der Waals surface area contributed by atoms with Crippen molar-refractivity contribution in [3.8, 4) is 5.75 Å². The molecule has 2 aliphatic rings. The number of ketones is 1. The molecule has 168 valence electrons. The largest absolute Gasteiger partial charge is 0.507 e. The summed E-state index contributed by atoms with van der Waals surface area (Å²) in [4.78, 5) is 29.7. The first kappa shape index (κ1) is 22.0. The number of likely N-dealkylation sites (tertiary alicyclic amines) is 1. The highest BCUT2D eigenvalue weighted by atomic mass is 19.1. The van der Waals surface area contributed by atoms with Crippen molar-refractivity contribution >= 4 is 17.4 Å². The molecule has 1 amide bonds. The first-order valence-electron chi connectivity index (χ1n) is 10.5. The monoisotopic (exact) mass is 440 g/mol. The fourth-order valence-corrected chi connectivity index (χ4v) is 4.18. The van der Waals surface area contributed by atoms with E-state index < -0.39 is 29.3 Å². The number of carbonyl (C=O) groups excluding carboxylic acids is 2. The van der Waals surface area contributed by atoms with E-state index in [2.05, 4.69) is 4.90 Å². The van der Waals surface area contributed by atoms with Gasteiger partial charge in [-0.1, -0.05) is 30.3 Å². The van der Waals surface area contributed by atoms with Crippen molar-refractivity contribution in [3.05, 3.63) is 71.0 Å². The maximum absolute atomic E-state index is 14.0. The minimum atomic E-state index is -0.801. The lowest BCUT2D eigenvalue weighted by molar-refractivity contribution is -0.140. The van der Waals surface area contributed by atoms with Gasteiger partial charge >= 0.3 is 0 Å². The van der Waals surface area contributed by atoms with E-state index in [1.807, 2.05) is 6.07 Å². The van der Waals surface area contributed by atoms with Gasteiger partial charge in [-0.05, 0) is 23.8 Å². The maximum Gasteiger partial charge on any atom is 0.295 e. The number of halogens is 1. The highest BCUT2D eigenvalue weighted by Gasteiger charge is 2.46. The molecule has 1 N–H and O–H groups in total. The van der Waals surface area contributed by atoms with E-state index in [4.69, 9.17) is 9.47 Å². The van der Waals surface area contributed by atoms with Gasteiger partial charge in [-0.2, -0.15) is 0 Å². The molecular weight excluding hydrogens is 415 g/mol. The summed E-state index contributed by atoms with van der Waals surface area (Å²) in [7, 11) is 1.39. The van der Waals surface area contributed by atoms with E-state index in [1.165, 1.54) is 24.1 Å². The third-order valence-corrected chi connectivity index (χ3v) is 5.83. The molecule has 1 atom stereocenters. The van der Waals surface area contributed by atoms with E-state index in [1.54, 1.807) is 24.3 Å². The number of benzene rings is 2. The molecule has 2 aliphatic heterocycles. The lowest BCUT2D eigenvalue weighted by Crippen LogP contribution is -2.42. The van der Waals surface area contributed by atoms with Crippen LogP contribution < -0.4 is 4.74 Å².